The van der Waals surface area contributed by atoms with Crippen molar-refractivity contribution in [1.29, 1.82) is 0 Å². The molecule has 0 spiro atoms. The number of aliphatic hydroxyl groups excluding tert-OH is 1. The van der Waals surface area contributed by atoms with Crippen molar-refractivity contribution in [1.82, 2.24) is 9.97 Å². The van der Waals surface area contributed by atoms with Crippen molar-refractivity contribution in [2.45, 2.75) is 47.1 Å². The molecule has 0 saturated carbocycles. The maximum atomic E-state index is 13.9. The minimum Gasteiger partial charge on any atom is -0.503 e. The Bertz CT molecular complexity index is 1620. The Morgan fingerprint density at radius 2 is 1.85 bits per heavy atom. The molecule has 2 aromatic heterocycles. The number of ether oxygens (including phenoxy) is 2. The van der Waals surface area contributed by atoms with E-state index in [-0.39, 0.29) is 5.57 Å². The van der Waals surface area contributed by atoms with Crippen molar-refractivity contribution >= 4 is 49.7 Å². The largest absolute Gasteiger partial charge is 0.503 e. The van der Waals surface area contributed by atoms with Gasteiger partial charge in [-0.25, -0.2) is 9.97 Å². The van der Waals surface area contributed by atoms with Gasteiger partial charge in [0.25, 0.3) is 5.91 Å². The van der Waals surface area contributed by atoms with Crippen molar-refractivity contribution in [2.75, 3.05) is 18.1 Å². The molecule has 1 amide bonds. The fraction of sp³-hybridized carbons (Fsp3) is 0.333. The van der Waals surface area contributed by atoms with E-state index in [0.717, 1.165) is 16.1 Å². The van der Waals surface area contributed by atoms with Gasteiger partial charge >= 0.3 is 0 Å². The molecule has 208 valence electrons. The number of aromatic nitrogens is 2. The number of thiazole rings is 2. The molecule has 0 saturated heterocycles. The topological polar surface area (TPSA) is 102 Å². The molecule has 40 heavy (non-hydrogen) atoms. The van der Waals surface area contributed by atoms with Gasteiger partial charge in [-0.15, -0.1) is 11.3 Å². The van der Waals surface area contributed by atoms with E-state index in [9.17, 15) is 14.7 Å². The molecule has 5 rings (SSSR count). The number of fused-ring (bicyclic) bond motifs is 1. The number of aliphatic hydroxyl groups is 1. The number of benzene rings is 2. The second kappa shape index (κ2) is 11.4. The lowest BCUT2D eigenvalue weighted by Gasteiger charge is -2.25. The van der Waals surface area contributed by atoms with Gasteiger partial charge in [0, 0.05) is 0 Å². The van der Waals surface area contributed by atoms with Crippen LogP contribution in [0.1, 0.15) is 59.2 Å². The van der Waals surface area contributed by atoms with E-state index >= 15 is 0 Å². The van der Waals surface area contributed by atoms with Crippen LogP contribution in [0.2, 0.25) is 0 Å². The van der Waals surface area contributed by atoms with Crippen LogP contribution in [0.5, 0.6) is 11.5 Å². The number of rotatable bonds is 10. The van der Waals surface area contributed by atoms with Gasteiger partial charge < -0.3 is 14.6 Å². The molecule has 1 aliphatic rings. The molecule has 8 nitrogen and oxygen atoms in total. The summed E-state index contributed by atoms with van der Waals surface area (Å²) in [5.74, 6) is 0.132. The van der Waals surface area contributed by atoms with Gasteiger partial charge in [0.2, 0.25) is 5.78 Å². The molecule has 2 aromatic carbocycles. The molecule has 0 radical (unpaired) electrons. The Balaban J connectivity index is 1.61. The number of hydrogen-bond acceptors (Lipinski definition) is 9. The highest BCUT2D eigenvalue weighted by molar-refractivity contribution is 7.22. The third kappa shape index (κ3) is 5.33. The van der Waals surface area contributed by atoms with Crippen LogP contribution in [0.3, 0.4) is 0 Å². The summed E-state index contributed by atoms with van der Waals surface area (Å²) in [7, 11) is 0. The van der Waals surface area contributed by atoms with Crippen LogP contribution >= 0.6 is 22.7 Å². The number of ketones is 1. The smallest absolute Gasteiger partial charge is 0.296 e. The van der Waals surface area contributed by atoms with Crippen molar-refractivity contribution < 1.29 is 24.2 Å². The lowest BCUT2D eigenvalue weighted by molar-refractivity contribution is -0.117. The zero-order valence-electron chi connectivity index (χ0n) is 23.1. The van der Waals surface area contributed by atoms with Gasteiger partial charge in [-0.2, -0.15) is 0 Å². The predicted octanol–water partition coefficient (Wildman–Crippen LogP) is 6.98. The quantitative estimate of drug-likeness (QED) is 0.203. The third-order valence-corrected chi connectivity index (χ3v) is 8.66. The van der Waals surface area contributed by atoms with E-state index in [2.05, 4.69) is 18.8 Å². The zero-order valence-corrected chi connectivity index (χ0v) is 24.7. The Hall–Kier alpha value is -3.76. The molecule has 1 aliphatic heterocycles. The van der Waals surface area contributed by atoms with Gasteiger partial charge in [0.1, 0.15) is 11.5 Å². The number of amides is 1. The molecule has 0 fully saturated rings. The second-order valence-corrected chi connectivity index (χ2v) is 12.2. The summed E-state index contributed by atoms with van der Waals surface area (Å²) in [5.41, 5.74) is 1.89. The van der Waals surface area contributed by atoms with Crippen molar-refractivity contribution in [3.63, 3.8) is 0 Å². The Kier molecular flexibility index (Phi) is 7.91. The summed E-state index contributed by atoms with van der Waals surface area (Å²) in [6.07, 6.45) is 0.891. The fourth-order valence-corrected chi connectivity index (χ4v) is 6.55. The van der Waals surface area contributed by atoms with E-state index in [1.807, 2.05) is 56.3 Å². The van der Waals surface area contributed by atoms with E-state index in [1.54, 1.807) is 6.92 Å². The third-order valence-electron chi connectivity index (χ3n) is 6.57. The first-order chi connectivity index (χ1) is 19.2. The first-order valence-corrected chi connectivity index (χ1v) is 14.8. The first kappa shape index (κ1) is 27.8. The number of carbonyl (C=O) groups excluding carboxylic acids is 2. The lowest BCUT2D eigenvalue weighted by atomic mass is 9.95. The summed E-state index contributed by atoms with van der Waals surface area (Å²) in [6, 6.07) is 12.0. The van der Waals surface area contributed by atoms with Crippen LogP contribution in [-0.2, 0) is 4.79 Å². The maximum absolute atomic E-state index is 13.9. The molecular formula is C30H31N3O5S2. The average Bonchev–Trinajstić information content (AvgIpc) is 3.56. The highest BCUT2D eigenvalue weighted by Crippen LogP contribution is 2.45. The van der Waals surface area contributed by atoms with Gasteiger partial charge in [-0.1, -0.05) is 37.3 Å². The van der Waals surface area contributed by atoms with Crippen LogP contribution in [-0.4, -0.2) is 40.0 Å². The normalized spacial score (nSPS) is 15.5. The summed E-state index contributed by atoms with van der Waals surface area (Å²) in [6.45, 7) is 10.8. The van der Waals surface area contributed by atoms with Crippen LogP contribution in [0.15, 0.2) is 53.8 Å². The minimum absolute atomic E-state index is 0.00495. The van der Waals surface area contributed by atoms with Crippen LogP contribution < -0.4 is 14.4 Å². The highest BCUT2D eigenvalue weighted by Gasteiger charge is 2.46. The standard InChI is InChI=1S/C30H31N3O5S2/c1-6-37-21-10-11-22-23(15-21)40-30(32-22)33-25(19-8-7-9-20(14-19)38-13-12-16(2)3)24(27(35)29(33)36)26(34)28-17(4)31-18(5)39-28/h7-11,14-16,25,35H,6,12-13H2,1-5H3. The molecule has 1 atom stereocenters. The van der Waals surface area contributed by atoms with Gasteiger partial charge in [0.15, 0.2) is 10.9 Å². The molecular weight excluding hydrogens is 546 g/mol. The summed E-state index contributed by atoms with van der Waals surface area (Å²) in [5, 5.41) is 12.3. The molecule has 1 N–H and O–H groups in total. The van der Waals surface area contributed by atoms with Crippen molar-refractivity contribution in [3.05, 3.63) is 74.9 Å². The first-order valence-electron chi connectivity index (χ1n) is 13.2. The number of Topliss-reactive ketones (excluding diaryl/α,β-unsaturated/α-hetero) is 1. The van der Waals surface area contributed by atoms with Crippen LogP contribution in [0, 0.1) is 19.8 Å². The Morgan fingerprint density at radius 1 is 1.07 bits per heavy atom. The highest BCUT2D eigenvalue weighted by atomic mass is 32.1. The Morgan fingerprint density at radius 3 is 2.55 bits per heavy atom. The fourth-order valence-electron chi connectivity index (χ4n) is 4.65. The van der Waals surface area contributed by atoms with E-state index < -0.39 is 23.5 Å². The van der Waals surface area contributed by atoms with Crippen LogP contribution in [0.25, 0.3) is 10.2 Å². The molecule has 4 aromatic rings. The average molecular weight is 578 g/mol. The maximum Gasteiger partial charge on any atom is 0.296 e. The summed E-state index contributed by atoms with van der Waals surface area (Å²) < 4.78 is 12.5. The van der Waals surface area contributed by atoms with Crippen molar-refractivity contribution in [3.8, 4) is 11.5 Å². The monoisotopic (exact) mass is 577 g/mol. The minimum atomic E-state index is -0.901. The molecule has 1 unspecified atom stereocenters. The second-order valence-electron chi connectivity index (χ2n) is 9.98. The number of aryl methyl sites for hydroxylation is 2. The van der Waals surface area contributed by atoms with E-state index in [1.165, 1.54) is 27.6 Å². The van der Waals surface area contributed by atoms with Gasteiger partial charge in [-0.3, -0.25) is 14.5 Å². The number of carbonyl (C=O) groups is 2. The number of anilines is 1. The Labute approximate surface area is 240 Å². The molecule has 3 heterocycles. The summed E-state index contributed by atoms with van der Waals surface area (Å²) >= 11 is 2.55. The number of nitrogens with zero attached hydrogens (tertiary/aromatic N) is 3. The van der Waals surface area contributed by atoms with Crippen molar-refractivity contribution in [2.24, 2.45) is 5.92 Å². The lowest BCUT2D eigenvalue weighted by Crippen LogP contribution is -2.31. The summed E-state index contributed by atoms with van der Waals surface area (Å²) in [4.78, 5) is 38.5. The molecule has 0 bridgehead atoms. The van der Waals surface area contributed by atoms with Gasteiger partial charge in [0.05, 0.1) is 50.6 Å². The zero-order chi connectivity index (χ0) is 28.6. The molecule has 0 aliphatic carbocycles. The van der Waals surface area contributed by atoms with Gasteiger partial charge in [-0.05, 0) is 69.0 Å². The van der Waals surface area contributed by atoms with E-state index in [4.69, 9.17) is 14.5 Å². The SMILES string of the molecule is CCOc1ccc2nc(N3C(=O)C(O)=C(C(=O)c4sc(C)nc4C)C3c3cccc(OCCC(C)C)c3)sc2c1. The number of hydrogen-bond donors (Lipinski definition) is 1. The molecule has 10 heteroatoms. The van der Waals surface area contributed by atoms with E-state index in [0.29, 0.717) is 57.4 Å². The predicted molar refractivity (Wildman–Crippen MR) is 158 cm³/mol. The van der Waals surface area contributed by atoms with Crippen LogP contribution in [0.4, 0.5) is 5.13 Å².